The van der Waals surface area contributed by atoms with E-state index in [9.17, 15) is 9.59 Å². The molecule has 3 amide bonds. The summed E-state index contributed by atoms with van der Waals surface area (Å²) < 4.78 is 5.64. The molecule has 0 bridgehead atoms. The highest BCUT2D eigenvalue weighted by Crippen LogP contribution is 2.30. The van der Waals surface area contributed by atoms with Crippen molar-refractivity contribution in [2.75, 3.05) is 39.3 Å². The van der Waals surface area contributed by atoms with Crippen LogP contribution < -0.4 is 10.1 Å². The molecule has 3 rings (SSSR count). The molecule has 2 aromatic rings. The molecule has 1 fully saturated rings. The van der Waals surface area contributed by atoms with E-state index in [1.54, 1.807) is 15.9 Å². The summed E-state index contributed by atoms with van der Waals surface area (Å²) in [6, 6.07) is 15.4. The molecule has 1 aliphatic heterocycles. The first-order valence-corrected chi connectivity index (χ1v) is 9.74. The Bertz CT molecular complexity index is 821. The minimum absolute atomic E-state index is 0.0778. The van der Waals surface area contributed by atoms with Gasteiger partial charge in [-0.05, 0) is 30.2 Å². The van der Waals surface area contributed by atoms with Gasteiger partial charge >= 0.3 is 6.03 Å². The van der Waals surface area contributed by atoms with E-state index in [1.807, 2.05) is 49.4 Å². The molecule has 1 heterocycles. The molecule has 0 saturated carbocycles. The molecule has 148 valence electrons. The van der Waals surface area contributed by atoms with Crippen LogP contribution >= 0.6 is 11.6 Å². The van der Waals surface area contributed by atoms with Crippen molar-refractivity contribution in [3.63, 3.8) is 0 Å². The van der Waals surface area contributed by atoms with Crippen LogP contribution in [0, 0.1) is 0 Å². The Morgan fingerprint density at radius 1 is 1.00 bits per heavy atom. The summed E-state index contributed by atoms with van der Waals surface area (Å²) in [7, 11) is 0. The lowest BCUT2D eigenvalue weighted by Crippen LogP contribution is -2.53. The molecule has 1 aliphatic rings. The molecule has 0 aromatic heterocycles. The highest BCUT2D eigenvalue weighted by Gasteiger charge is 2.24. The van der Waals surface area contributed by atoms with Crippen molar-refractivity contribution in [2.45, 2.75) is 6.92 Å². The first-order valence-electron chi connectivity index (χ1n) is 9.37. The Labute approximate surface area is 170 Å². The Morgan fingerprint density at radius 3 is 2.32 bits per heavy atom. The van der Waals surface area contributed by atoms with Crippen molar-refractivity contribution in [1.82, 2.24) is 15.1 Å². The average molecular weight is 402 g/mol. The molecular formula is C21H24ClN3O3. The maximum Gasteiger partial charge on any atom is 0.317 e. The summed E-state index contributed by atoms with van der Waals surface area (Å²) in [4.78, 5) is 27.7. The first-order chi connectivity index (χ1) is 13.6. The van der Waals surface area contributed by atoms with Crippen molar-refractivity contribution < 1.29 is 14.3 Å². The fourth-order valence-corrected chi connectivity index (χ4v) is 3.32. The third-order valence-corrected chi connectivity index (χ3v) is 4.93. The smallest absolute Gasteiger partial charge is 0.317 e. The van der Waals surface area contributed by atoms with Gasteiger partial charge in [-0.2, -0.15) is 0 Å². The number of carbonyl (C=O) groups excluding carboxylic acids is 2. The molecule has 2 aromatic carbocycles. The van der Waals surface area contributed by atoms with Crippen LogP contribution in [-0.4, -0.2) is 61.1 Å². The van der Waals surface area contributed by atoms with E-state index in [4.69, 9.17) is 16.3 Å². The Morgan fingerprint density at radius 2 is 1.68 bits per heavy atom. The SMILES string of the molecule is CCNC(=O)N1CCN(C(=O)COc2ccc(-c3ccccc3)cc2Cl)CC1. The summed E-state index contributed by atoms with van der Waals surface area (Å²) in [6.45, 7) is 4.43. The lowest BCUT2D eigenvalue weighted by Gasteiger charge is -2.34. The van der Waals surface area contributed by atoms with Gasteiger partial charge in [-0.1, -0.05) is 48.0 Å². The molecule has 28 heavy (non-hydrogen) atoms. The van der Waals surface area contributed by atoms with Crippen LogP contribution in [0.15, 0.2) is 48.5 Å². The van der Waals surface area contributed by atoms with E-state index in [0.29, 0.717) is 43.5 Å². The summed E-state index contributed by atoms with van der Waals surface area (Å²) in [5, 5.41) is 3.24. The molecule has 1 N–H and O–H groups in total. The van der Waals surface area contributed by atoms with Crippen LogP contribution in [-0.2, 0) is 4.79 Å². The van der Waals surface area contributed by atoms with E-state index >= 15 is 0 Å². The third-order valence-electron chi connectivity index (χ3n) is 4.64. The Balaban J connectivity index is 1.52. The van der Waals surface area contributed by atoms with Crippen molar-refractivity contribution >= 4 is 23.5 Å². The molecule has 7 heteroatoms. The van der Waals surface area contributed by atoms with E-state index in [1.165, 1.54) is 0 Å². The second-order valence-corrected chi connectivity index (χ2v) is 6.91. The Hall–Kier alpha value is -2.73. The first kappa shape index (κ1) is 20.0. The number of urea groups is 1. The number of piperazine rings is 1. The van der Waals surface area contributed by atoms with E-state index in [-0.39, 0.29) is 18.5 Å². The summed E-state index contributed by atoms with van der Waals surface area (Å²) >= 11 is 6.33. The fourth-order valence-electron chi connectivity index (χ4n) is 3.08. The molecule has 0 unspecified atom stereocenters. The zero-order valence-electron chi connectivity index (χ0n) is 15.9. The van der Waals surface area contributed by atoms with Gasteiger partial charge in [0.25, 0.3) is 5.91 Å². The highest BCUT2D eigenvalue weighted by atomic mass is 35.5. The average Bonchev–Trinajstić information content (AvgIpc) is 2.73. The van der Waals surface area contributed by atoms with Gasteiger partial charge in [0.1, 0.15) is 5.75 Å². The summed E-state index contributed by atoms with van der Waals surface area (Å²) in [5.74, 6) is 0.370. The molecule has 6 nitrogen and oxygen atoms in total. The standard InChI is InChI=1S/C21H24ClN3O3/c1-2-23-21(27)25-12-10-24(11-13-25)20(26)15-28-19-9-8-17(14-18(19)22)16-6-4-3-5-7-16/h3-9,14H,2,10-13,15H2,1H3,(H,23,27). The molecule has 0 radical (unpaired) electrons. The van der Waals surface area contributed by atoms with Crippen LogP contribution in [0.4, 0.5) is 4.79 Å². The second kappa shape index (κ2) is 9.46. The second-order valence-electron chi connectivity index (χ2n) is 6.50. The number of halogens is 1. The number of ether oxygens (including phenoxy) is 1. The fraction of sp³-hybridized carbons (Fsp3) is 0.333. The van der Waals surface area contributed by atoms with Crippen LogP contribution in [0.25, 0.3) is 11.1 Å². The quantitative estimate of drug-likeness (QED) is 0.836. The van der Waals surface area contributed by atoms with Gasteiger partial charge in [0.2, 0.25) is 0 Å². The maximum atomic E-state index is 12.4. The van der Waals surface area contributed by atoms with Crippen molar-refractivity contribution in [2.24, 2.45) is 0 Å². The van der Waals surface area contributed by atoms with Gasteiger partial charge in [-0.15, -0.1) is 0 Å². The number of hydrogen-bond acceptors (Lipinski definition) is 3. The van der Waals surface area contributed by atoms with Gasteiger partial charge in [0, 0.05) is 32.7 Å². The largest absolute Gasteiger partial charge is 0.482 e. The normalized spacial score (nSPS) is 13.9. The number of nitrogens with zero attached hydrogens (tertiary/aromatic N) is 2. The summed E-state index contributed by atoms with van der Waals surface area (Å²) in [5.41, 5.74) is 2.06. The predicted molar refractivity (Wildman–Crippen MR) is 110 cm³/mol. The van der Waals surface area contributed by atoms with E-state index in [2.05, 4.69) is 5.32 Å². The van der Waals surface area contributed by atoms with Crippen molar-refractivity contribution in [3.05, 3.63) is 53.6 Å². The number of amides is 3. The number of carbonyl (C=O) groups is 2. The lowest BCUT2D eigenvalue weighted by molar-refractivity contribution is -0.134. The van der Waals surface area contributed by atoms with Gasteiger partial charge in [-0.3, -0.25) is 4.79 Å². The predicted octanol–water partition coefficient (Wildman–Crippen LogP) is 3.26. The molecule has 0 aliphatic carbocycles. The van der Waals surface area contributed by atoms with Crippen LogP contribution in [0.5, 0.6) is 5.75 Å². The number of rotatable bonds is 5. The van der Waals surface area contributed by atoms with E-state index in [0.717, 1.165) is 11.1 Å². The van der Waals surface area contributed by atoms with Gasteiger partial charge < -0.3 is 19.9 Å². The third kappa shape index (κ3) is 4.95. The Kier molecular flexibility index (Phi) is 6.76. The zero-order chi connectivity index (χ0) is 19.9. The maximum absolute atomic E-state index is 12.4. The minimum atomic E-state index is -0.112. The number of benzene rings is 2. The molecule has 0 spiro atoms. The lowest BCUT2D eigenvalue weighted by atomic mass is 10.1. The van der Waals surface area contributed by atoms with Crippen LogP contribution in [0.3, 0.4) is 0 Å². The molecule has 0 atom stereocenters. The van der Waals surface area contributed by atoms with Crippen LogP contribution in [0.2, 0.25) is 5.02 Å². The van der Waals surface area contributed by atoms with Gasteiger partial charge in [0.05, 0.1) is 5.02 Å². The minimum Gasteiger partial charge on any atom is -0.482 e. The monoisotopic (exact) mass is 401 g/mol. The van der Waals surface area contributed by atoms with Crippen LogP contribution in [0.1, 0.15) is 6.92 Å². The van der Waals surface area contributed by atoms with Gasteiger partial charge in [-0.25, -0.2) is 4.79 Å². The van der Waals surface area contributed by atoms with E-state index < -0.39 is 0 Å². The van der Waals surface area contributed by atoms with Crippen molar-refractivity contribution in [1.29, 1.82) is 0 Å². The zero-order valence-corrected chi connectivity index (χ0v) is 16.6. The highest BCUT2D eigenvalue weighted by molar-refractivity contribution is 6.32. The van der Waals surface area contributed by atoms with Gasteiger partial charge in [0.15, 0.2) is 6.61 Å². The number of nitrogens with one attached hydrogen (secondary N) is 1. The molecule has 1 saturated heterocycles. The summed E-state index contributed by atoms with van der Waals surface area (Å²) in [6.07, 6.45) is 0. The number of hydrogen-bond donors (Lipinski definition) is 1. The molecular weight excluding hydrogens is 378 g/mol. The topological polar surface area (TPSA) is 61.9 Å². The van der Waals surface area contributed by atoms with Crippen molar-refractivity contribution in [3.8, 4) is 16.9 Å².